The van der Waals surface area contributed by atoms with Gasteiger partial charge in [-0.3, -0.25) is 0 Å². The normalized spacial score (nSPS) is 10.8. The van der Waals surface area contributed by atoms with Gasteiger partial charge in [0.15, 0.2) is 0 Å². The van der Waals surface area contributed by atoms with Gasteiger partial charge in [-0.05, 0) is 28.6 Å². The van der Waals surface area contributed by atoms with Crippen molar-refractivity contribution in [1.29, 1.82) is 0 Å². The summed E-state index contributed by atoms with van der Waals surface area (Å²) in [5.41, 5.74) is 2.27. The number of phenols is 1. The van der Waals surface area contributed by atoms with E-state index in [0.717, 1.165) is 21.9 Å². The van der Waals surface area contributed by atoms with Gasteiger partial charge in [-0.25, -0.2) is 0 Å². The van der Waals surface area contributed by atoms with Gasteiger partial charge in [0.1, 0.15) is 5.75 Å². The first-order valence-electron chi connectivity index (χ1n) is 5.20. The summed E-state index contributed by atoms with van der Waals surface area (Å²) in [5, 5.41) is 11.7. The number of aromatic amines is 1. The molecule has 16 heavy (non-hydrogen) atoms. The Morgan fingerprint density at radius 3 is 2.50 bits per heavy atom. The van der Waals surface area contributed by atoms with E-state index < -0.39 is 0 Å². The summed E-state index contributed by atoms with van der Waals surface area (Å²) in [6.07, 6.45) is 3.86. The Hall–Kier alpha value is -2.22. The second kappa shape index (κ2) is 3.42. The molecule has 0 aliphatic heterocycles. The van der Waals surface area contributed by atoms with E-state index in [1.54, 1.807) is 6.07 Å². The number of aromatic hydroxyl groups is 1. The third kappa shape index (κ3) is 1.27. The molecule has 0 saturated heterocycles. The topological polar surface area (TPSA) is 36.0 Å². The number of hydrogen-bond donors (Lipinski definition) is 2. The molecular formula is C14H11NO. The summed E-state index contributed by atoms with van der Waals surface area (Å²) in [4.78, 5) is 3.05. The van der Waals surface area contributed by atoms with Crippen molar-refractivity contribution in [2.75, 3.05) is 0 Å². The van der Waals surface area contributed by atoms with E-state index in [2.05, 4.69) is 11.1 Å². The zero-order valence-electron chi connectivity index (χ0n) is 8.64. The van der Waals surface area contributed by atoms with Crippen LogP contribution >= 0.6 is 0 Å². The minimum absolute atomic E-state index is 0.329. The predicted molar refractivity (Wildman–Crippen MR) is 65.4 cm³/mol. The average molecular weight is 209 g/mol. The zero-order valence-corrected chi connectivity index (χ0v) is 8.64. The van der Waals surface area contributed by atoms with Gasteiger partial charge in [0.2, 0.25) is 0 Å². The standard InChI is InChI=1S/C14H11NO/c16-14-6-2-4-12-11(3-1-5-13(12)14)10-7-8-15-9-10/h1-9,15-16H. The first-order valence-corrected chi connectivity index (χ1v) is 5.20. The number of nitrogens with one attached hydrogen (secondary N) is 1. The van der Waals surface area contributed by atoms with Crippen LogP contribution in [0.25, 0.3) is 21.9 Å². The fourth-order valence-corrected chi connectivity index (χ4v) is 2.04. The van der Waals surface area contributed by atoms with E-state index in [1.165, 1.54) is 0 Å². The van der Waals surface area contributed by atoms with Crippen molar-refractivity contribution >= 4 is 10.8 Å². The van der Waals surface area contributed by atoms with E-state index in [9.17, 15) is 5.11 Å². The SMILES string of the molecule is Oc1cccc2c(-c3cc[nH]c3)cccc12. The average Bonchev–Trinajstić information content (AvgIpc) is 2.82. The van der Waals surface area contributed by atoms with Gasteiger partial charge in [0.25, 0.3) is 0 Å². The molecule has 0 unspecified atom stereocenters. The second-order valence-corrected chi connectivity index (χ2v) is 3.78. The molecule has 0 bridgehead atoms. The smallest absolute Gasteiger partial charge is 0.123 e. The van der Waals surface area contributed by atoms with Crippen LogP contribution in [0.5, 0.6) is 5.75 Å². The summed E-state index contributed by atoms with van der Waals surface area (Å²) in [6, 6.07) is 13.6. The second-order valence-electron chi connectivity index (χ2n) is 3.78. The third-order valence-corrected chi connectivity index (χ3v) is 2.81. The molecule has 2 heteroatoms. The first kappa shape index (κ1) is 9.04. The zero-order chi connectivity index (χ0) is 11.0. The minimum atomic E-state index is 0.329. The van der Waals surface area contributed by atoms with Crippen LogP contribution in [0.3, 0.4) is 0 Å². The minimum Gasteiger partial charge on any atom is -0.507 e. The summed E-state index contributed by atoms with van der Waals surface area (Å²) >= 11 is 0. The number of rotatable bonds is 1. The predicted octanol–water partition coefficient (Wildman–Crippen LogP) is 3.54. The van der Waals surface area contributed by atoms with Crippen molar-refractivity contribution in [3.63, 3.8) is 0 Å². The molecule has 78 valence electrons. The monoisotopic (exact) mass is 209 g/mol. The van der Waals surface area contributed by atoms with Gasteiger partial charge in [-0.15, -0.1) is 0 Å². The van der Waals surface area contributed by atoms with Gasteiger partial charge in [-0.2, -0.15) is 0 Å². The fourth-order valence-electron chi connectivity index (χ4n) is 2.04. The number of H-pyrrole nitrogens is 1. The summed E-state index contributed by atoms with van der Waals surface area (Å²) < 4.78 is 0. The summed E-state index contributed by atoms with van der Waals surface area (Å²) in [6.45, 7) is 0. The number of hydrogen-bond acceptors (Lipinski definition) is 1. The quantitative estimate of drug-likeness (QED) is 0.631. The lowest BCUT2D eigenvalue weighted by atomic mass is 10.00. The Labute approximate surface area is 93.2 Å². The van der Waals surface area contributed by atoms with Gasteiger partial charge < -0.3 is 10.1 Å². The molecule has 0 saturated carbocycles. The first-order chi connectivity index (χ1) is 7.86. The number of phenolic OH excluding ortho intramolecular Hbond substituents is 1. The molecule has 1 heterocycles. The van der Waals surface area contributed by atoms with Crippen LogP contribution in [0.2, 0.25) is 0 Å². The van der Waals surface area contributed by atoms with Crippen molar-refractivity contribution in [1.82, 2.24) is 4.98 Å². The molecule has 0 atom stereocenters. The highest BCUT2D eigenvalue weighted by molar-refractivity contribution is 5.99. The Kier molecular flexibility index (Phi) is 1.93. The van der Waals surface area contributed by atoms with E-state index in [1.807, 2.05) is 42.7 Å². The van der Waals surface area contributed by atoms with Gasteiger partial charge >= 0.3 is 0 Å². The maximum atomic E-state index is 9.79. The highest BCUT2D eigenvalue weighted by Crippen LogP contribution is 2.32. The Morgan fingerprint density at radius 2 is 1.69 bits per heavy atom. The molecule has 0 amide bonds. The van der Waals surface area contributed by atoms with Crippen molar-refractivity contribution in [3.05, 3.63) is 54.9 Å². The molecular weight excluding hydrogens is 198 g/mol. The Bertz CT molecular complexity index is 626. The summed E-state index contributed by atoms with van der Waals surface area (Å²) in [7, 11) is 0. The lowest BCUT2D eigenvalue weighted by molar-refractivity contribution is 0.481. The van der Waals surface area contributed by atoms with Crippen molar-refractivity contribution in [3.8, 4) is 16.9 Å². The largest absolute Gasteiger partial charge is 0.507 e. The van der Waals surface area contributed by atoms with E-state index in [-0.39, 0.29) is 0 Å². The van der Waals surface area contributed by atoms with Crippen LogP contribution in [0.1, 0.15) is 0 Å². The summed E-state index contributed by atoms with van der Waals surface area (Å²) in [5.74, 6) is 0.329. The molecule has 3 aromatic rings. The van der Waals surface area contributed by atoms with Crippen LogP contribution in [-0.2, 0) is 0 Å². The van der Waals surface area contributed by atoms with E-state index in [0.29, 0.717) is 5.75 Å². The van der Waals surface area contributed by atoms with Crippen molar-refractivity contribution < 1.29 is 5.11 Å². The lowest BCUT2D eigenvalue weighted by Gasteiger charge is -2.05. The molecule has 0 radical (unpaired) electrons. The lowest BCUT2D eigenvalue weighted by Crippen LogP contribution is -1.79. The number of fused-ring (bicyclic) bond motifs is 1. The molecule has 0 aliphatic carbocycles. The molecule has 3 rings (SSSR count). The van der Waals surface area contributed by atoms with Gasteiger partial charge in [-0.1, -0.05) is 30.3 Å². The Balaban J connectivity index is 2.38. The molecule has 2 aromatic carbocycles. The molecule has 1 aromatic heterocycles. The number of benzene rings is 2. The highest BCUT2D eigenvalue weighted by atomic mass is 16.3. The van der Waals surface area contributed by atoms with Crippen molar-refractivity contribution in [2.45, 2.75) is 0 Å². The number of aromatic nitrogens is 1. The maximum Gasteiger partial charge on any atom is 0.123 e. The molecule has 0 aliphatic rings. The van der Waals surface area contributed by atoms with E-state index in [4.69, 9.17) is 0 Å². The van der Waals surface area contributed by atoms with Gasteiger partial charge in [0.05, 0.1) is 0 Å². The van der Waals surface area contributed by atoms with E-state index >= 15 is 0 Å². The van der Waals surface area contributed by atoms with Gasteiger partial charge in [0, 0.05) is 17.8 Å². The maximum absolute atomic E-state index is 9.79. The molecule has 0 spiro atoms. The van der Waals surface area contributed by atoms with Crippen LogP contribution in [0, 0.1) is 0 Å². The molecule has 2 N–H and O–H groups in total. The fraction of sp³-hybridized carbons (Fsp3) is 0. The molecule has 2 nitrogen and oxygen atoms in total. The highest BCUT2D eigenvalue weighted by Gasteiger charge is 2.05. The van der Waals surface area contributed by atoms with Crippen LogP contribution in [-0.4, -0.2) is 10.1 Å². The van der Waals surface area contributed by atoms with Crippen LogP contribution in [0.15, 0.2) is 54.9 Å². The van der Waals surface area contributed by atoms with Crippen LogP contribution in [0.4, 0.5) is 0 Å². The van der Waals surface area contributed by atoms with Crippen molar-refractivity contribution in [2.24, 2.45) is 0 Å². The third-order valence-electron chi connectivity index (χ3n) is 2.81. The van der Waals surface area contributed by atoms with Crippen LogP contribution < -0.4 is 0 Å². The molecule has 0 fully saturated rings. The Morgan fingerprint density at radius 1 is 0.875 bits per heavy atom.